The number of rotatable bonds is 1. The lowest BCUT2D eigenvalue weighted by Gasteiger charge is -2.06. The van der Waals surface area contributed by atoms with Gasteiger partial charge in [0.1, 0.15) is 0 Å². The molecule has 0 radical (unpaired) electrons. The van der Waals surface area contributed by atoms with Crippen LogP contribution in [0.4, 0.5) is 0 Å². The van der Waals surface area contributed by atoms with E-state index in [0.29, 0.717) is 0 Å². The third-order valence-corrected chi connectivity index (χ3v) is 3.43. The van der Waals surface area contributed by atoms with Gasteiger partial charge in [-0.05, 0) is 42.7 Å². The summed E-state index contributed by atoms with van der Waals surface area (Å²) in [4.78, 5) is 4.51. The van der Waals surface area contributed by atoms with Gasteiger partial charge in [0.2, 0.25) is 0 Å². The maximum absolute atomic E-state index is 4.51. The summed E-state index contributed by atoms with van der Waals surface area (Å²) in [5.41, 5.74) is 6.10. The number of aryl methyl sites for hydroxylation is 2. The highest BCUT2D eigenvalue weighted by Crippen LogP contribution is 2.24. The molecule has 1 heterocycles. The second kappa shape index (κ2) is 4.26. The van der Waals surface area contributed by atoms with E-state index >= 15 is 0 Å². The van der Waals surface area contributed by atoms with Crippen LogP contribution in [0.2, 0.25) is 0 Å². The zero-order valence-corrected chi connectivity index (χ0v) is 10.6. The van der Waals surface area contributed by atoms with Crippen molar-refractivity contribution >= 4 is 10.9 Å². The van der Waals surface area contributed by atoms with Gasteiger partial charge in [-0.1, -0.05) is 36.4 Å². The molecule has 0 amide bonds. The molecule has 0 saturated heterocycles. The normalized spacial score (nSPS) is 10.8. The van der Waals surface area contributed by atoms with Gasteiger partial charge in [0, 0.05) is 17.1 Å². The Balaban J connectivity index is 2.16. The quantitative estimate of drug-likeness (QED) is 0.602. The van der Waals surface area contributed by atoms with Gasteiger partial charge in [-0.2, -0.15) is 0 Å². The molecule has 0 spiro atoms. The number of fused-ring (bicyclic) bond motifs is 1. The van der Waals surface area contributed by atoms with Gasteiger partial charge in [-0.15, -0.1) is 0 Å². The van der Waals surface area contributed by atoms with Gasteiger partial charge >= 0.3 is 0 Å². The van der Waals surface area contributed by atoms with Crippen LogP contribution in [-0.2, 0) is 0 Å². The number of benzene rings is 2. The molecule has 2 aromatic carbocycles. The third-order valence-electron chi connectivity index (χ3n) is 3.43. The number of hydrogen-bond donors (Lipinski definition) is 0. The molecule has 3 aromatic rings. The van der Waals surface area contributed by atoms with Crippen molar-refractivity contribution in [2.75, 3.05) is 0 Å². The number of nitrogens with zero attached hydrogens (tertiary/aromatic N) is 1. The standard InChI is InChI=1S/C17H15N/c1-12-7-8-14(9-13(12)2)16-10-15-5-3-4-6-17(15)18-11-16/h3-11H,1-2H3. The molecule has 3 rings (SSSR count). The summed E-state index contributed by atoms with van der Waals surface area (Å²) in [7, 11) is 0. The minimum atomic E-state index is 1.05. The molecule has 0 bridgehead atoms. The molecule has 0 atom stereocenters. The molecule has 88 valence electrons. The highest BCUT2D eigenvalue weighted by atomic mass is 14.6. The number of aromatic nitrogens is 1. The van der Waals surface area contributed by atoms with Crippen molar-refractivity contribution in [3.8, 4) is 11.1 Å². The van der Waals surface area contributed by atoms with E-state index in [1.54, 1.807) is 0 Å². The van der Waals surface area contributed by atoms with Gasteiger partial charge < -0.3 is 0 Å². The minimum Gasteiger partial charge on any atom is -0.256 e. The third kappa shape index (κ3) is 1.88. The van der Waals surface area contributed by atoms with Crippen molar-refractivity contribution in [3.63, 3.8) is 0 Å². The summed E-state index contributed by atoms with van der Waals surface area (Å²) in [6.07, 6.45) is 1.95. The van der Waals surface area contributed by atoms with Gasteiger partial charge in [-0.25, -0.2) is 0 Å². The first kappa shape index (κ1) is 11.0. The van der Waals surface area contributed by atoms with Gasteiger partial charge in [0.05, 0.1) is 5.52 Å². The van der Waals surface area contributed by atoms with Crippen LogP contribution in [0.5, 0.6) is 0 Å². The van der Waals surface area contributed by atoms with E-state index in [-0.39, 0.29) is 0 Å². The van der Waals surface area contributed by atoms with Crippen LogP contribution in [0.15, 0.2) is 54.7 Å². The topological polar surface area (TPSA) is 12.9 Å². The SMILES string of the molecule is Cc1ccc(-c2cnc3ccccc3c2)cc1C. The van der Waals surface area contributed by atoms with Crippen molar-refractivity contribution in [2.45, 2.75) is 13.8 Å². The molecule has 1 nitrogen and oxygen atoms in total. The average Bonchev–Trinajstić information content (AvgIpc) is 2.41. The number of para-hydroxylation sites is 1. The molecule has 0 aliphatic heterocycles. The minimum absolute atomic E-state index is 1.05. The van der Waals surface area contributed by atoms with E-state index < -0.39 is 0 Å². The van der Waals surface area contributed by atoms with Crippen LogP contribution in [0.25, 0.3) is 22.0 Å². The lowest BCUT2D eigenvalue weighted by molar-refractivity contribution is 1.33. The summed E-state index contributed by atoms with van der Waals surface area (Å²) in [5.74, 6) is 0. The molecule has 0 fully saturated rings. The van der Waals surface area contributed by atoms with Crippen LogP contribution in [0, 0.1) is 13.8 Å². The lowest BCUT2D eigenvalue weighted by Crippen LogP contribution is -1.85. The number of pyridine rings is 1. The zero-order valence-electron chi connectivity index (χ0n) is 10.6. The summed E-state index contributed by atoms with van der Waals surface area (Å²) in [6, 6.07) is 17.0. The van der Waals surface area contributed by atoms with Crippen LogP contribution in [-0.4, -0.2) is 4.98 Å². The molecular weight excluding hydrogens is 218 g/mol. The van der Waals surface area contributed by atoms with E-state index in [9.17, 15) is 0 Å². The second-order valence-electron chi connectivity index (χ2n) is 4.72. The molecule has 0 saturated carbocycles. The zero-order chi connectivity index (χ0) is 12.5. The van der Waals surface area contributed by atoms with Gasteiger partial charge in [0.15, 0.2) is 0 Å². The number of hydrogen-bond acceptors (Lipinski definition) is 1. The Hall–Kier alpha value is -2.15. The molecule has 1 heteroatoms. The van der Waals surface area contributed by atoms with Crippen molar-refractivity contribution in [2.24, 2.45) is 0 Å². The second-order valence-corrected chi connectivity index (χ2v) is 4.72. The largest absolute Gasteiger partial charge is 0.256 e. The maximum atomic E-state index is 4.51. The predicted octanol–water partition coefficient (Wildman–Crippen LogP) is 4.52. The Labute approximate surface area is 107 Å². The summed E-state index contributed by atoms with van der Waals surface area (Å²) < 4.78 is 0. The van der Waals surface area contributed by atoms with Crippen molar-refractivity contribution in [3.05, 3.63) is 65.9 Å². The van der Waals surface area contributed by atoms with Crippen LogP contribution in [0.3, 0.4) is 0 Å². The molecule has 0 aliphatic rings. The Morgan fingerprint density at radius 1 is 0.778 bits per heavy atom. The monoisotopic (exact) mass is 233 g/mol. The first-order chi connectivity index (χ1) is 8.74. The van der Waals surface area contributed by atoms with Crippen molar-refractivity contribution < 1.29 is 0 Å². The van der Waals surface area contributed by atoms with E-state index in [1.165, 1.54) is 27.6 Å². The Kier molecular flexibility index (Phi) is 2.60. The lowest BCUT2D eigenvalue weighted by atomic mass is 10.0. The predicted molar refractivity (Wildman–Crippen MR) is 76.7 cm³/mol. The summed E-state index contributed by atoms with van der Waals surface area (Å²) in [5, 5.41) is 1.19. The maximum Gasteiger partial charge on any atom is 0.0702 e. The molecule has 0 unspecified atom stereocenters. The summed E-state index contributed by atoms with van der Waals surface area (Å²) in [6.45, 7) is 4.28. The molecule has 18 heavy (non-hydrogen) atoms. The van der Waals surface area contributed by atoms with Gasteiger partial charge in [-0.3, -0.25) is 4.98 Å². The van der Waals surface area contributed by atoms with Gasteiger partial charge in [0.25, 0.3) is 0 Å². The average molecular weight is 233 g/mol. The molecule has 1 aromatic heterocycles. The van der Waals surface area contributed by atoms with E-state index in [0.717, 1.165) is 5.52 Å². The molecule has 0 N–H and O–H groups in total. The fraction of sp³-hybridized carbons (Fsp3) is 0.118. The molecule has 0 aliphatic carbocycles. The first-order valence-electron chi connectivity index (χ1n) is 6.16. The van der Waals surface area contributed by atoms with Crippen molar-refractivity contribution in [1.82, 2.24) is 4.98 Å². The fourth-order valence-corrected chi connectivity index (χ4v) is 2.15. The van der Waals surface area contributed by atoms with E-state index in [1.807, 2.05) is 24.4 Å². The summed E-state index contributed by atoms with van der Waals surface area (Å²) >= 11 is 0. The smallest absolute Gasteiger partial charge is 0.0702 e. The molecular formula is C17H15N. The van der Waals surface area contributed by atoms with E-state index in [4.69, 9.17) is 0 Å². The highest BCUT2D eigenvalue weighted by molar-refractivity contribution is 5.83. The van der Waals surface area contributed by atoms with Crippen LogP contribution < -0.4 is 0 Å². The Bertz CT molecular complexity index is 714. The van der Waals surface area contributed by atoms with E-state index in [2.05, 4.69) is 49.2 Å². The van der Waals surface area contributed by atoms with Crippen LogP contribution >= 0.6 is 0 Å². The highest BCUT2D eigenvalue weighted by Gasteiger charge is 2.02. The van der Waals surface area contributed by atoms with Crippen LogP contribution in [0.1, 0.15) is 11.1 Å². The Morgan fingerprint density at radius 2 is 1.61 bits per heavy atom. The Morgan fingerprint density at radius 3 is 2.44 bits per heavy atom. The fourth-order valence-electron chi connectivity index (χ4n) is 2.15. The van der Waals surface area contributed by atoms with Crippen molar-refractivity contribution in [1.29, 1.82) is 0 Å². The first-order valence-corrected chi connectivity index (χ1v) is 6.16.